The summed E-state index contributed by atoms with van der Waals surface area (Å²) < 4.78 is 16.4. The van der Waals surface area contributed by atoms with E-state index in [1.807, 2.05) is 18.2 Å². The molecule has 0 aliphatic carbocycles. The summed E-state index contributed by atoms with van der Waals surface area (Å²) in [6.07, 6.45) is 3.40. The van der Waals surface area contributed by atoms with Crippen molar-refractivity contribution in [3.8, 4) is 17.2 Å². The predicted octanol–water partition coefficient (Wildman–Crippen LogP) is 2.99. The van der Waals surface area contributed by atoms with Crippen molar-refractivity contribution in [2.75, 3.05) is 51.3 Å². The molecule has 28 heavy (non-hydrogen) atoms. The molecule has 2 heterocycles. The Morgan fingerprint density at radius 3 is 2.75 bits per heavy atom. The minimum absolute atomic E-state index is 0.0958. The van der Waals surface area contributed by atoms with E-state index < -0.39 is 0 Å². The number of nitrogens with zero attached hydrogens (tertiary/aromatic N) is 2. The highest BCUT2D eigenvalue weighted by Crippen LogP contribution is 2.30. The summed E-state index contributed by atoms with van der Waals surface area (Å²) in [5.74, 6) is 2.20. The second-order valence-electron chi connectivity index (χ2n) is 6.85. The fourth-order valence-electron chi connectivity index (χ4n) is 3.46. The second kappa shape index (κ2) is 8.35. The van der Waals surface area contributed by atoms with E-state index >= 15 is 0 Å². The highest BCUT2D eigenvalue weighted by Gasteiger charge is 2.21. The van der Waals surface area contributed by atoms with Gasteiger partial charge in [-0.05, 0) is 36.4 Å². The van der Waals surface area contributed by atoms with Crippen LogP contribution in [-0.4, -0.2) is 57.1 Å². The molecule has 6 heteroatoms. The summed E-state index contributed by atoms with van der Waals surface area (Å²) >= 11 is 0. The molecule has 0 radical (unpaired) electrons. The van der Waals surface area contributed by atoms with E-state index in [1.54, 1.807) is 37.6 Å². The Hall–Kier alpha value is -2.99. The molecule has 2 aliphatic heterocycles. The van der Waals surface area contributed by atoms with Gasteiger partial charge in [0.2, 0.25) is 0 Å². The third kappa shape index (κ3) is 4.12. The first-order valence-electron chi connectivity index (χ1n) is 9.46. The molecule has 0 N–H and O–H groups in total. The summed E-state index contributed by atoms with van der Waals surface area (Å²) in [6.45, 7) is 4.30. The van der Waals surface area contributed by atoms with Gasteiger partial charge < -0.3 is 19.1 Å². The van der Waals surface area contributed by atoms with E-state index in [1.165, 1.54) is 0 Å². The van der Waals surface area contributed by atoms with Gasteiger partial charge in [-0.15, -0.1) is 0 Å². The summed E-state index contributed by atoms with van der Waals surface area (Å²) in [7, 11) is 1.68. The van der Waals surface area contributed by atoms with Gasteiger partial charge in [-0.3, -0.25) is 9.69 Å². The van der Waals surface area contributed by atoms with Gasteiger partial charge in [-0.1, -0.05) is 6.07 Å². The number of hydrogen-bond donors (Lipinski definition) is 0. The van der Waals surface area contributed by atoms with Crippen LogP contribution in [-0.2, 0) is 0 Å². The van der Waals surface area contributed by atoms with Crippen LogP contribution >= 0.6 is 0 Å². The number of methoxy groups -OCH3 is 1. The Bertz CT molecular complexity index is 873. The molecular formula is C22H24N2O4. The molecule has 2 aromatic rings. The number of ketones is 1. The van der Waals surface area contributed by atoms with E-state index in [4.69, 9.17) is 14.2 Å². The van der Waals surface area contributed by atoms with Crippen LogP contribution in [0.2, 0.25) is 0 Å². The fourth-order valence-corrected chi connectivity index (χ4v) is 3.46. The van der Waals surface area contributed by atoms with E-state index in [9.17, 15) is 4.79 Å². The van der Waals surface area contributed by atoms with Crippen molar-refractivity contribution in [3.05, 3.63) is 60.4 Å². The van der Waals surface area contributed by atoms with Gasteiger partial charge >= 0.3 is 0 Å². The maximum atomic E-state index is 12.7. The van der Waals surface area contributed by atoms with Crippen LogP contribution in [0.5, 0.6) is 17.2 Å². The Balaban J connectivity index is 1.34. The quantitative estimate of drug-likeness (QED) is 0.744. The van der Waals surface area contributed by atoms with Crippen molar-refractivity contribution >= 4 is 11.5 Å². The standard InChI is InChI=1S/C22H24N2O4/c1-26-19-5-2-4-18(15-19)24-10-8-23(9-11-24)16-20(25)17-6-7-21-22(14-17)28-13-3-12-27-21/h2-7,12,14-15H,8-11,13,16H2,1H3. The van der Waals surface area contributed by atoms with Crippen molar-refractivity contribution in [3.63, 3.8) is 0 Å². The van der Waals surface area contributed by atoms with Crippen molar-refractivity contribution in [1.29, 1.82) is 0 Å². The molecule has 0 saturated carbocycles. The van der Waals surface area contributed by atoms with E-state index in [2.05, 4.69) is 15.9 Å². The lowest BCUT2D eigenvalue weighted by Crippen LogP contribution is -2.48. The van der Waals surface area contributed by atoms with Gasteiger partial charge in [0.1, 0.15) is 12.4 Å². The van der Waals surface area contributed by atoms with Crippen molar-refractivity contribution < 1.29 is 19.0 Å². The number of ether oxygens (including phenoxy) is 3. The highest BCUT2D eigenvalue weighted by atomic mass is 16.5. The molecule has 4 rings (SSSR count). The van der Waals surface area contributed by atoms with Crippen molar-refractivity contribution in [1.82, 2.24) is 4.90 Å². The number of anilines is 1. The van der Waals surface area contributed by atoms with Crippen LogP contribution in [0.25, 0.3) is 0 Å². The maximum absolute atomic E-state index is 12.7. The number of Topliss-reactive ketones (excluding diaryl/α,β-unsaturated/α-hetero) is 1. The van der Waals surface area contributed by atoms with Crippen LogP contribution in [0.4, 0.5) is 5.69 Å². The molecular weight excluding hydrogens is 356 g/mol. The van der Waals surface area contributed by atoms with Gasteiger partial charge in [-0.2, -0.15) is 0 Å². The van der Waals surface area contributed by atoms with E-state index in [0.29, 0.717) is 30.2 Å². The molecule has 0 spiro atoms. The summed E-state index contributed by atoms with van der Waals surface area (Å²) in [5, 5.41) is 0. The SMILES string of the molecule is COc1cccc(N2CCN(CC(=O)c3ccc4c(c3)OCC=CO4)CC2)c1. The van der Waals surface area contributed by atoms with Crippen molar-refractivity contribution in [2.45, 2.75) is 0 Å². The first kappa shape index (κ1) is 18.4. The lowest BCUT2D eigenvalue weighted by Gasteiger charge is -2.35. The van der Waals surface area contributed by atoms with E-state index in [0.717, 1.165) is 37.6 Å². The first-order valence-corrected chi connectivity index (χ1v) is 9.46. The molecule has 0 bridgehead atoms. The topological polar surface area (TPSA) is 51.2 Å². The Morgan fingerprint density at radius 2 is 1.93 bits per heavy atom. The van der Waals surface area contributed by atoms with Gasteiger partial charge in [0.15, 0.2) is 17.3 Å². The number of hydrogen-bond acceptors (Lipinski definition) is 6. The zero-order valence-electron chi connectivity index (χ0n) is 16.0. The summed E-state index contributed by atoms with van der Waals surface area (Å²) in [6, 6.07) is 13.5. The monoisotopic (exact) mass is 380 g/mol. The van der Waals surface area contributed by atoms with Crippen molar-refractivity contribution in [2.24, 2.45) is 0 Å². The molecule has 0 unspecified atom stereocenters. The van der Waals surface area contributed by atoms with Crippen LogP contribution in [0.3, 0.4) is 0 Å². The number of piperazine rings is 1. The number of carbonyl (C=O) groups excluding carboxylic acids is 1. The molecule has 6 nitrogen and oxygen atoms in total. The summed E-state index contributed by atoms with van der Waals surface area (Å²) in [5.41, 5.74) is 1.81. The van der Waals surface area contributed by atoms with Gasteiger partial charge in [0.05, 0.1) is 19.9 Å². The third-order valence-corrected chi connectivity index (χ3v) is 5.05. The number of rotatable bonds is 5. The maximum Gasteiger partial charge on any atom is 0.176 e. The largest absolute Gasteiger partial charge is 0.497 e. The Labute approximate surface area is 164 Å². The first-order chi connectivity index (χ1) is 13.7. The summed E-state index contributed by atoms with van der Waals surface area (Å²) in [4.78, 5) is 17.3. The smallest absolute Gasteiger partial charge is 0.176 e. The normalized spacial score (nSPS) is 16.5. The van der Waals surface area contributed by atoms with Gasteiger partial charge in [-0.25, -0.2) is 0 Å². The molecule has 2 aliphatic rings. The minimum atomic E-state index is 0.0958. The van der Waals surface area contributed by atoms with Crippen LogP contribution < -0.4 is 19.1 Å². The van der Waals surface area contributed by atoms with Gasteiger partial charge in [0.25, 0.3) is 0 Å². The zero-order valence-corrected chi connectivity index (χ0v) is 16.0. The molecule has 1 saturated heterocycles. The average Bonchev–Trinajstić information content (AvgIpc) is 2.99. The number of benzene rings is 2. The fraction of sp³-hybridized carbons (Fsp3) is 0.318. The Morgan fingerprint density at radius 1 is 1.07 bits per heavy atom. The third-order valence-electron chi connectivity index (χ3n) is 5.05. The second-order valence-corrected chi connectivity index (χ2v) is 6.85. The minimum Gasteiger partial charge on any atom is -0.497 e. The number of fused-ring (bicyclic) bond motifs is 1. The molecule has 1 fully saturated rings. The average molecular weight is 380 g/mol. The number of carbonyl (C=O) groups is 1. The van der Waals surface area contributed by atoms with E-state index in [-0.39, 0.29) is 5.78 Å². The van der Waals surface area contributed by atoms with Crippen LogP contribution in [0.15, 0.2) is 54.8 Å². The molecule has 2 aromatic carbocycles. The highest BCUT2D eigenvalue weighted by molar-refractivity contribution is 5.98. The van der Waals surface area contributed by atoms with Crippen LogP contribution in [0.1, 0.15) is 10.4 Å². The van der Waals surface area contributed by atoms with Gasteiger partial charge in [0, 0.05) is 43.5 Å². The predicted molar refractivity (Wildman–Crippen MR) is 108 cm³/mol. The zero-order chi connectivity index (χ0) is 19.3. The molecule has 0 atom stereocenters. The van der Waals surface area contributed by atoms with Crippen LogP contribution in [0, 0.1) is 0 Å². The lowest BCUT2D eigenvalue weighted by atomic mass is 10.1. The molecule has 0 aromatic heterocycles. The molecule has 146 valence electrons. The Kier molecular flexibility index (Phi) is 5.48. The molecule has 0 amide bonds. The lowest BCUT2D eigenvalue weighted by molar-refractivity contribution is 0.0926.